The Morgan fingerprint density at radius 1 is 1.07 bits per heavy atom. The van der Waals surface area contributed by atoms with Crippen molar-refractivity contribution in [2.75, 3.05) is 6.61 Å². The Hall–Kier alpha value is -2.56. The molecule has 0 aromatic carbocycles. The number of unbranched alkanes of at least 4 members (excludes halogenated alkanes) is 3. The molecule has 0 unspecified atom stereocenters. The quantitative estimate of drug-likeness (QED) is 0.176. The van der Waals surface area contributed by atoms with E-state index in [1.54, 1.807) is 26.0 Å². The van der Waals surface area contributed by atoms with Crippen LogP contribution in [0, 0.1) is 29.1 Å². The maximum Gasteiger partial charge on any atom is 0.306 e. The van der Waals surface area contributed by atoms with Crippen LogP contribution in [-0.4, -0.2) is 68.5 Å². The number of ether oxygens (including phenoxy) is 2. The number of hydrogen-bond acceptors (Lipinski definition) is 9. The minimum absolute atomic E-state index is 0.0995. The second kappa shape index (κ2) is 10.4. The molecule has 0 heterocycles. The predicted octanol–water partition coefficient (Wildman–Crippen LogP) is 1.88. The zero-order valence-electron chi connectivity index (χ0n) is 24.1. The highest BCUT2D eigenvalue weighted by molar-refractivity contribution is 6.04. The number of primary amides is 1. The van der Waals surface area contributed by atoms with Gasteiger partial charge in [0.2, 0.25) is 5.91 Å². The van der Waals surface area contributed by atoms with Crippen molar-refractivity contribution in [3.05, 3.63) is 23.3 Å². The molecule has 0 aromatic rings. The van der Waals surface area contributed by atoms with Gasteiger partial charge in [-0.2, -0.15) is 0 Å². The third-order valence-electron chi connectivity index (χ3n) is 10.1. The van der Waals surface area contributed by atoms with Gasteiger partial charge in [-0.1, -0.05) is 45.8 Å². The Morgan fingerprint density at radius 3 is 2.27 bits per heavy atom. The van der Waals surface area contributed by atoms with Crippen LogP contribution >= 0.6 is 0 Å². The molecule has 4 rings (SSSR count). The van der Waals surface area contributed by atoms with Crippen molar-refractivity contribution in [2.45, 2.75) is 102 Å². The highest BCUT2D eigenvalue weighted by Crippen LogP contribution is 2.77. The summed E-state index contributed by atoms with van der Waals surface area (Å²) in [6.07, 6.45) is 5.15. The minimum atomic E-state index is -1.96. The van der Waals surface area contributed by atoms with Gasteiger partial charge < -0.3 is 30.5 Å². The average Bonchev–Trinajstić information content (AvgIpc) is 3.28. The summed E-state index contributed by atoms with van der Waals surface area (Å²) in [5, 5.41) is 34.5. The van der Waals surface area contributed by atoms with E-state index in [-0.39, 0.29) is 18.7 Å². The van der Waals surface area contributed by atoms with E-state index in [4.69, 9.17) is 15.2 Å². The van der Waals surface area contributed by atoms with Crippen molar-refractivity contribution in [3.63, 3.8) is 0 Å². The summed E-state index contributed by atoms with van der Waals surface area (Å²) < 4.78 is 12.1. The van der Waals surface area contributed by atoms with Gasteiger partial charge in [0.15, 0.2) is 11.4 Å². The van der Waals surface area contributed by atoms with Gasteiger partial charge in [-0.3, -0.25) is 19.2 Å². The van der Waals surface area contributed by atoms with E-state index in [2.05, 4.69) is 0 Å². The number of rotatable bonds is 10. The van der Waals surface area contributed by atoms with Crippen LogP contribution in [0.3, 0.4) is 0 Å². The summed E-state index contributed by atoms with van der Waals surface area (Å²) >= 11 is 0. The molecule has 0 bridgehead atoms. The van der Waals surface area contributed by atoms with Crippen LogP contribution in [-0.2, 0) is 28.7 Å². The van der Waals surface area contributed by atoms with E-state index >= 15 is 0 Å². The van der Waals surface area contributed by atoms with E-state index in [1.165, 1.54) is 6.92 Å². The molecule has 2 saturated carbocycles. The lowest BCUT2D eigenvalue weighted by molar-refractivity contribution is -0.228. The van der Waals surface area contributed by atoms with E-state index < -0.39 is 76.3 Å². The summed E-state index contributed by atoms with van der Waals surface area (Å²) in [4.78, 5) is 49.7. The number of esters is 2. The lowest BCUT2D eigenvalue weighted by Crippen LogP contribution is -2.66. The maximum atomic E-state index is 13.2. The topological polar surface area (TPSA) is 173 Å². The molecule has 0 aliphatic heterocycles. The highest BCUT2D eigenvalue weighted by atomic mass is 16.6. The molecule has 0 aromatic heterocycles. The zero-order valence-corrected chi connectivity index (χ0v) is 24.1. The zero-order chi connectivity index (χ0) is 29.8. The molecular weight excluding hydrogens is 518 g/mol. The molecular formula is C30H43NO9. The van der Waals surface area contributed by atoms with Crippen molar-refractivity contribution in [1.29, 1.82) is 0 Å². The van der Waals surface area contributed by atoms with Gasteiger partial charge in [0.25, 0.3) is 0 Å². The van der Waals surface area contributed by atoms with Crippen molar-refractivity contribution in [2.24, 2.45) is 34.8 Å². The first-order valence-corrected chi connectivity index (χ1v) is 14.2. The van der Waals surface area contributed by atoms with Gasteiger partial charge in [0.1, 0.15) is 11.7 Å². The van der Waals surface area contributed by atoms with Gasteiger partial charge in [-0.05, 0) is 30.9 Å². The van der Waals surface area contributed by atoms with Crippen LogP contribution in [0.15, 0.2) is 23.3 Å². The molecule has 1 amide bonds. The predicted molar refractivity (Wildman–Crippen MR) is 143 cm³/mol. The highest BCUT2D eigenvalue weighted by Gasteiger charge is 2.87. The number of amides is 1. The minimum Gasteiger partial charge on any atom is -0.458 e. The summed E-state index contributed by atoms with van der Waals surface area (Å²) in [6, 6.07) is 0. The number of nitrogens with two attached hydrogens (primary N) is 1. The monoisotopic (exact) mass is 561 g/mol. The Morgan fingerprint density at radius 2 is 1.70 bits per heavy atom. The third kappa shape index (κ3) is 4.43. The Bertz CT molecular complexity index is 1160. The Kier molecular flexibility index (Phi) is 7.88. The van der Waals surface area contributed by atoms with Crippen LogP contribution < -0.4 is 5.73 Å². The molecule has 40 heavy (non-hydrogen) atoms. The van der Waals surface area contributed by atoms with E-state index in [9.17, 15) is 34.5 Å². The number of aliphatic hydroxyl groups excluding tert-OH is 1. The SMILES string of the molecule is CC(=O)O[C@@]12[C@H](OC(=O)CCCCCCC(N)=O)[C@@H](C)[C@@]3(O)[C@@H](C=C(CO)C[C@]4(O)C(=O)C(C)=C[C@@H]34)[C@@H]1C2(C)C. The van der Waals surface area contributed by atoms with Crippen molar-refractivity contribution < 1.29 is 44.0 Å². The molecule has 4 aliphatic carbocycles. The average molecular weight is 562 g/mol. The fourth-order valence-corrected chi connectivity index (χ4v) is 8.18. The number of hydrogen-bond donors (Lipinski definition) is 4. The van der Waals surface area contributed by atoms with Crippen LogP contribution in [0.2, 0.25) is 0 Å². The summed E-state index contributed by atoms with van der Waals surface area (Å²) in [6.45, 7) is 7.96. The Balaban J connectivity index is 1.70. The van der Waals surface area contributed by atoms with Gasteiger partial charge >= 0.3 is 11.9 Å². The smallest absolute Gasteiger partial charge is 0.306 e. The molecule has 5 N–H and O–H groups in total. The van der Waals surface area contributed by atoms with Gasteiger partial charge in [0.05, 0.1) is 12.2 Å². The van der Waals surface area contributed by atoms with E-state index in [0.717, 1.165) is 6.42 Å². The lowest BCUT2D eigenvalue weighted by atomic mass is 9.59. The normalized spacial score (nSPS) is 39.1. The largest absolute Gasteiger partial charge is 0.458 e. The van der Waals surface area contributed by atoms with Gasteiger partial charge in [-0.15, -0.1) is 0 Å². The fourth-order valence-electron chi connectivity index (χ4n) is 8.18. The molecule has 0 radical (unpaired) electrons. The first-order valence-electron chi connectivity index (χ1n) is 14.2. The van der Waals surface area contributed by atoms with E-state index in [0.29, 0.717) is 36.8 Å². The Labute approximate surface area is 235 Å². The number of ketones is 1. The number of Topliss-reactive ketones (excluding diaryl/α,β-unsaturated/α-hetero) is 1. The van der Waals surface area contributed by atoms with Crippen LogP contribution in [0.5, 0.6) is 0 Å². The van der Waals surface area contributed by atoms with Crippen LogP contribution in [0.4, 0.5) is 0 Å². The first-order chi connectivity index (χ1) is 18.6. The number of aliphatic hydroxyl groups is 3. The number of fused-ring (bicyclic) bond motifs is 5. The molecule has 4 aliphatic rings. The second-order valence-corrected chi connectivity index (χ2v) is 12.8. The van der Waals surface area contributed by atoms with Gasteiger partial charge in [-0.25, -0.2) is 0 Å². The summed E-state index contributed by atoms with van der Waals surface area (Å²) in [7, 11) is 0. The van der Waals surface area contributed by atoms with Crippen molar-refractivity contribution in [3.8, 4) is 0 Å². The number of carbonyl (C=O) groups is 4. The van der Waals surface area contributed by atoms with Gasteiger partial charge in [0, 0.05) is 55.3 Å². The van der Waals surface area contributed by atoms with Crippen molar-refractivity contribution >= 4 is 23.6 Å². The first kappa shape index (κ1) is 30.4. The summed E-state index contributed by atoms with van der Waals surface area (Å²) in [5.74, 6) is -5.01. The number of carbonyl (C=O) groups excluding carboxylic acids is 4. The molecule has 2 fully saturated rings. The maximum absolute atomic E-state index is 13.2. The second-order valence-electron chi connectivity index (χ2n) is 12.8. The lowest BCUT2D eigenvalue weighted by Gasteiger charge is -2.53. The molecule has 10 nitrogen and oxygen atoms in total. The van der Waals surface area contributed by atoms with Crippen molar-refractivity contribution in [1.82, 2.24) is 0 Å². The third-order valence-corrected chi connectivity index (χ3v) is 10.1. The molecule has 0 spiro atoms. The molecule has 8 atom stereocenters. The standard InChI is InChI=1S/C30H43NO9/c1-16-12-21-28(37,25(16)36)14-19(15-32)13-20-24-27(4,5)30(24,40-18(3)33)26(17(2)29(20,21)38)39-23(35)11-9-7-6-8-10-22(31)34/h12-13,17,20-21,24,26,32,37-38H,6-11,14-15H2,1-5H3,(H2,31,34)/t17-,20+,21-,24-,26-,28-,29-,30-/m1/s1. The fraction of sp³-hybridized carbons (Fsp3) is 0.733. The molecule has 222 valence electrons. The van der Waals surface area contributed by atoms with Crippen LogP contribution in [0.1, 0.15) is 79.6 Å². The molecule has 10 heteroatoms. The van der Waals surface area contributed by atoms with Crippen LogP contribution in [0.25, 0.3) is 0 Å². The van der Waals surface area contributed by atoms with E-state index in [1.807, 2.05) is 13.8 Å². The summed E-state index contributed by atoms with van der Waals surface area (Å²) in [5.41, 5.74) is 0.228. The molecule has 0 saturated heterocycles.